The first-order chi connectivity index (χ1) is 21.6. The molecule has 12 heteroatoms. The summed E-state index contributed by atoms with van der Waals surface area (Å²) in [7, 11) is 0. The number of imide groups is 1. The molecule has 1 N–H and O–H groups in total. The van der Waals surface area contributed by atoms with Gasteiger partial charge in [-0.05, 0) is 77.8 Å². The molecule has 45 heavy (non-hydrogen) atoms. The highest BCUT2D eigenvalue weighted by atomic mass is 35.5. The average Bonchev–Trinajstić information content (AvgIpc) is 3.75. The monoisotopic (exact) mass is 668 g/mol. The summed E-state index contributed by atoms with van der Waals surface area (Å²) in [5.74, 6) is -1.88. The third kappa shape index (κ3) is 4.65. The van der Waals surface area contributed by atoms with Crippen LogP contribution in [0.1, 0.15) is 33.9 Å². The van der Waals surface area contributed by atoms with Crippen molar-refractivity contribution in [2.45, 2.75) is 35.4 Å². The van der Waals surface area contributed by atoms with Gasteiger partial charge in [0.25, 0.3) is 0 Å². The Balaban J connectivity index is 1.11. The number of benzene rings is 3. The van der Waals surface area contributed by atoms with Crippen LogP contribution in [-0.2, 0) is 22.4 Å². The van der Waals surface area contributed by atoms with Crippen LogP contribution in [0.15, 0.2) is 82.6 Å². The lowest BCUT2D eigenvalue weighted by Crippen LogP contribution is -2.42. The van der Waals surface area contributed by atoms with Gasteiger partial charge >= 0.3 is 11.0 Å². The zero-order valence-electron chi connectivity index (χ0n) is 23.3. The van der Waals surface area contributed by atoms with Crippen LogP contribution < -0.4 is 14.5 Å². The number of H-pyrrole nitrogens is 1. The molecule has 1 aromatic heterocycles. The Morgan fingerprint density at radius 3 is 2.36 bits per heavy atom. The zero-order valence-corrected chi connectivity index (χ0v) is 25.7. The topological polar surface area (TPSA) is 79.5 Å². The lowest BCUT2D eigenvalue weighted by atomic mass is 9.68. The molecule has 3 aromatic carbocycles. The second kappa shape index (κ2) is 10.5. The molecule has 2 aliphatic carbocycles. The fraction of sp³-hybridized carbons (Fsp3) is 0.303. The van der Waals surface area contributed by atoms with Gasteiger partial charge in [-0.3, -0.25) is 19.3 Å². The van der Waals surface area contributed by atoms with E-state index in [2.05, 4.69) is 4.98 Å². The number of thioether (sulfide) groups is 1. The summed E-state index contributed by atoms with van der Waals surface area (Å²) in [6.45, 7) is 0.371. The van der Waals surface area contributed by atoms with Gasteiger partial charge < -0.3 is 9.72 Å². The third-order valence-corrected chi connectivity index (χ3v) is 12.6. The van der Waals surface area contributed by atoms with Crippen molar-refractivity contribution in [3.05, 3.63) is 109 Å². The van der Waals surface area contributed by atoms with Crippen molar-refractivity contribution in [2.24, 2.45) is 29.6 Å². The summed E-state index contributed by atoms with van der Waals surface area (Å²) in [6, 6.07) is 19.6. The van der Waals surface area contributed by atoms with Gasteiger partial charge in [0.05, 0.1) is 28.1 Å². The number of thiazole rings is 1. The lowest BCUT2D eigenvalue weighted by molar-refractivity contribution is -0.137. The van der Waals surface area contributed by atoms with Gasteiger partial charge in [-0.2, -0.15) is 13.2 Å². The smallest absolute Gasteiger partial charge is 0.416 e. The van der Waals surface area contributed by atoms with Crippen molar-refractivity contribution in [1.29, 1.82) is 0 Å². The van der Waals surface area contributed by atoms with Crippen LogP contribution in [0.3, 0.4) is 0 Å². The molecule has 4 aromatic rings. The van der Waals surface area contributed by atoms with Gasteiger partial charge in [0.1, 0.15) is 12.4 Å². The fourth-order valence-corrected chi connectivity index (χ4v) is 11.0. The van der Waals surface area contributed by atoms with Gasteiger partial charge in [-0.1, -0.05) is 53.3 Å². The number of rotatable bonds is 5. The summed E-state index contributed by atoms with van der Waals surface area (Å²) >= 11 is 8.71. The number of aromatic nitrogens is 1. The second-order valence-corrected chi connectivity index (χ2v) is 14.6. The number of hydrogen-bond donors (Lipinski definition) is 1. The van der Waals surface area contributed by atoms with Crippen LogP contribution in [0.4, 0.5) is 18.9 Å². The van der Waals surface area contributed by atoms with E-state index in [1.54, 1.807) is 11.8 Å². The van der Waals surface area contributed by atoms with Crippen molar-refractivity contribution >= 4 is 52.2 Å². The molecule has 4 aliphatic rings. The Morgan fingerprint density at radius 1 is 0.933 bits per heavy atom. The number of amides is 2. The molecule has 8 rings (SSSR count). The molecule has 1 saturated heterocycles. The molecule has 230 valence electrons. The van der Waals surface area contributed by atoms with Crippen LogP contribution >= 0.6 is 34.7 Å². The highest BCUT2D eigenvalue weighted by Gasteiger charge is 2.69. The molecule has 0 radical (unpaired) electrons. The Labute approximate surface area is 268 Å². The van der Waals surface area contributed by atoms with Crippen LogP contribution in [-0.4, -0.2) is 22.0 Å². The molecule has 2 aliphatic heterocycles. The highest BCUT2D eigenvalue weighted by Crippen LogP contribution is 2.68. The highest BCUT2D eigenvalue weighted by molar-refractivity contribution is 8.00. The molecule has 0 spiro atoms. The van der Waals surface area contributed by atoms with Crippen molar-refractivity contribution in [1.82, 2.24) is 4.98 Å². The molecular formula is C33H24ClF3N2O4S2. The number of carbonyl (C=O) groups is 2. The third-order valence-electron chi connectivity index (χ3n) is 9.71. The second-order valence-electron chi connectivity index (χ2n) is 12.0. The number of carbonyl (C=O) groups excluding carboxylic acids is 2. The van der Waals surface area contributed by atoms with Gasteiger partial charge in [0.2, 0.25) is 11.8 Å². The fourth-order valence-electron chi connectivity index (χ4n) is 7.98. The maximum absolute atomic E-state index is 13.9. The standard InChI is InChI=1S/C33H24ClF3N2O4S2/c34-18-8-4-15(5-9-18)14-43-20-10-6-16(7-11-20)23-24-21-13-22(27(24)44-29-28(23)45-32(42)38-29)26-25(21)30(40)39(31(26)41)19-3-1-2-17(12-19)33(35,36)37/h1-12,21-27H,13-14H2,(H,38,42)/t21-,22-,23?,24?,25?,26?,27?/m1/s1. The normalized spacial score (nSPS) is 28.3. The molecule has 2 saturated carbocycles. The van der Waals surface area contributed by atoms with E-state index in [1.165, 1.54) is 23.5 Å². The largest absolute Gasteiger partial charge is 0.489 e. The van der Waals surface area contributed by atoms with Gasteiger partial charge in [0, 0.05) is 21.1 Å². The maximum atomic E-state index is 13.9. The Morgan fingerprint density at radius 2 is 1.64 bits per heavy atom. The molecule has 3 heterocycles. The molecule has 5 unspecified atom stereocenters. The maximum Gasteiger partial charge on any atom is 0.416 e. The first kappa shape index (κ1) is 28.9. The minimum absolute atomic E-state index is 0.0285. The van der Waals surface area contributed by atoms with Crippen LogP contribution in [0, 0.1) is 29.6 Å². The Kier molecular flexibility index (Phi) is 6.74. The summed E-state index contributed by atoms with van der Waals surface area (Å²) in [4.78, 5) is 45.0. The van der Waals surface area contributed by atoms with Crippen molar-refractivity contribution in [3.8, 4) is 5.75 Å². The number of ether oxygens (including phenoxy) is 1. The number of halogens is 4. The molecule has 6 nitrogen and oxygen atoms in total. The van der Waals surface area contributed by atoms with E-state index in [9.17, 15) is 27.6 Å². The Hall–Kier alpha value is -3.54. The van der Waals surface area contributed by atoms with Crippen LogP contribution in [0.25, 0.3) is 0 Å². The minimum atomic E-state index is -4.60. The molecule has 2 amide bonds. The first-order valence-corrected chi connectivity index (χ1v) is 16.6. The van der Waals surface area contributed by atoms with Crippen molar-refractivity contribution < 1.29 is 27.5 Å². The predicted octanol–water partition coefficient (Wildman–Crippen LogP) is 7.37. The zero-order chi connectivity index (χ0) is 31.2. The summed E-state index contributed by atoms with van der Waals surface area (Å²) in [5, 5.41) is 1.41. The number of anilines is 1. The summed E-state index contributed by atoms with van der Waals surface area (Å²) in [6.07, 6.45) is -3.91. The number of hydrogen-bond acceptors (Lipinski definition) is 6. The van der Waals surface area contributed by atoms with Crippen molar-refractivity contribution in [3.63, 3.8) is 0 Å². The van der Waals surface area contributed by atoms with Gasteiger partial charge in [-0.15, -0.1) is 11.8 Å². The quantitative estimate of drug-likeness (QED) is 0.225. The van der Waals surface area contributed by atoms with E-state index in [0.29, 0.717) is 23.8 Å². The lowest BCUT2D eigenvalue weighted by Gasteiger charge is -2.43. The van der Waals surface area contributed by atoms with Gasteiger partial charge in [-0.25, -0.2) is 0 Å². The van der Waals surface area contributed by atoms with E-state index in [4.69, 9.17) is 16.3 Å². The summed E-state index contributed by atoms with van der Waals surface area (Å²) in [5.41, 5.74) is 1.01. The number of aromatic amines is 1. The van der Waals surface area contributed by atoms with E-state index in [-0.39, 0.29) is 39.5 Å². The van der Waals surface area contributed by atoms with Crippen LogP contribution in [0.5, 0.6) is 5.75 Å². The minimum Gasteiger partial charge on any atom is -0.489 e. The van der Waals surface area contributed by atoms with Crippen molar-refractivity contribution in [2.75, 3.05) is 4.90 Å². The van der Waals surface area contributed by atoms with E-state index >= 15 is 0 Å². The molecular weight excluding hydrogens is 645 g/mol. The Bertz CT molecular complexity index is 1890. The van der Waals surface area contributed by atoms with E-state index in [0.717, 1.165) is 38.1 Å². The average molecular weight is 669 g/mol. The van der Waals surface area contributed by atoms with E-state index in [1.807, 2.05) is 48.5 Å². The molecule has 7 atom stereocenters. The van der Waals surface area contributed by atoms with E-state index < -0.39 is 35.4 Å². The molecule has 2 bridgehead atoms. The summed E-state index contributed by atoms with van der Waals surface area (Å²) < 4.78 is 46.4. The molecule has 3 fully saturated rings. The number of alkyl halides is 3. The van der Waals surface area contributed by atoms with Gasteiger partial charge in [0.15, 0.2) is 0 Å². The number of nitrogens with one attached hydrogen (secondary N) is 1. The SMILES string of the molecule is O=C1C2C(C(=O)N1c1cccc(C(F)(F)F)c1)[C@@H]1C[C@H]2C2Sc3[nH]c(=O)sc3C(c3ccc(OCc4ccc(Cl)cc4)cc3)C21. The number of fused-ring (bicyclic) bond motifs is 9. The van der Waals surface area contributed by atoms with Crippen LogP contribution in [0.2, 0.25) is 5.02 Å². The number of nitrogens with zero attached hydrogens (tertiary/aromatic N) is 1. The first-order valence-electron chi connectivity index (χ1n) is 14.5. The predicted molar refractivity (Wildman–Crippen MR) is 165 cm³/mol.